The number of rotatable bonds is 8. The number of aliphatic hydroxyl groups is 1. The highest BCUT2D eigenvalue weighted by atomic mass is 32.1. The van der Waals surface area contributed by atoms with Gasteiger partial charge < -0.3 is 19.9 Å². The molecule has 2 rings (SSSR count). The molecule has 2 N–H and O–H groups in total. The zero-order valence-electron chi connectivity index (χ0n) is 12.3. The second-order valence-corrected chi connectivity index (χ2v) is 5.61. The molecular formula is C16H21NO3S. The first-order chi connectivity index (χ1) is 10.2. The smallest absolute Gasteiger partial charge is 0.119 e. The Labute approximate surface area is 129 Å². The number of thiophene rings is 1. The van der Waals surface area contributed by atoms with E-state index in [2.05, 4.69) is 29.1 Å². The van der Waals surface area contributed by atoms with E-state index in [1.807, 2.05) is 24.3 Å². The number of methoxy groups -OCH3 is 1. The highest BCUT2D eigenvalue weighted by Crippen LogP contribution is 2.17. The summed E-state index contributed by atoms with van der Waals surface area (Å²) in [5.41, 5.74) is 1.24. The molecule has 2 aromatic rings. The van der Waals surface area contributed by atoms with E-state index in [0.717, 1.165) is 11.5 Å². The van der Waals surface area contributed by atoms with Crippen molar-refractivity contribution in [3.05, 3.63) is 46.7 Å². The Balaban J connectivity index is 1.70. The van der Waals surface area contributed by atoms with Crippen LogP contribution in [0, 0.1) is 0 Å². The summed E-state index contributed by atoms with van der Waals surface area (Å²) in [4.78, 5) is 0. The average molecular weight is 307 g/mol. The molecule has 0 aliphatic heterocycles. The molecule has 0 bridgehead atoms. The van der Waals surface area contributed by atoms with Gasteiger partial charge in [0.25, 0.3) is 0 Å². The van der Waals surface area contributed by atoms with Crippen LogP contribution < -0.4 is 14.8 Å². The van der Waals surface area contributed by atoms with Crippen molar-refractivity contribution in [3.8, 4) is 11.5 Å². The number of aliphatic hydroxyl groups excluding tert-OH is 1. The van der Waals surface area contributed by atoms with E-state index >= 15 is 0 Å². The molecule has 0 saturated carbocycles. The maximum absolute atomic E-state index is 9.95. The fourth-order valence-corrected chi connectivity index (χ4v) is 2.63. The Hall–Kier alpha value is -1.56. The molecule has 0 saturated heterocycles. The quantitative estimate of drug-likeness (QED) is 0.787. The first kappa shape index (κ1) is 15.8. The summed E-state index contributed by atoms with van der Waals surface area (Å²) in [5.74, 6) is 1.51. The van der Waals surface area contributed by atoms with Crippen molar-refractivity contribution >= 4 is 11.3 Å². The van der Waals surface area contributed by atoms with Crippen LogP contribution in [0.1, 0.15) is 18.5 Å². The monoisotopic (exact) mass is 307 g/mol. The molecule has 0 amide bonds. The molecule has 0 radical (unpaired) electrons. The van der Waals surface area contributed by atoms with Crippen molar-refractivity contribution < 1.29 is 14.6 Å². The number of hydrogen-bond donors (Lipinski definition) is 2. The van der Waals surface area contributed by atoms with Gasteiger partial charge in [-0.05, 0) is 53.6 Å². The maximum Gasteiger partial charge on any atom is 0.119 e. The molecule has 1 aromatic heterocycles. The predicted octanol–water partition coefficient (Wildman–Crippen LogP) is 2.85. The van der Waals surface area contributed by atoms with E-state index < -0.39 is 6.10 Å². The van der Waals surface area contributed by atoms with Gasteiger partial charge in [0, 0.05) is 12.6 Å². The summed E-state index contributed by atoms with van der Waals surface area (Å²) in [5, 5.41) is 17.4. The minimum Gasteiger partial charge on any atom is -0.497 e. The van der Waals surface area contributed by atoms with Crippen LogP contribution >= 0.6 is 11.3 Å². The number of nitrogens with one attached hydrogen (secondary N) is 1. The van der Waals surface area contributed by atoms with E-state index in [1.165, 1.54) is 5.56 Å². The van der Waals surface area contributed by atoms with E-state index in [4.69, 9.17) is 9.47 Å². The van der Waals surface area contributed by atoms with Crippen molar-refractivity contribution in [3.63, 3.8) is 0 Å². The normalized spacial score (nSPS) is 13.7. The molecule has 2 unspecified atom stereocenters. The number of hydrogen-bond acceptors (Lipinski definition) is 5. The largest absolute Gasteiger partial charge is 0.497 e. The van der Waals surface area contributed by atoms with Crippen molar-refractivity contribution in [2.24, 2.45) is 0 Å². The summed E-state index contributed by atoms with van der Waals surface area (Å²) in [6.07, 6.45) is -0.548. The van der Waals surface area contributed by atoms with Crippen LogP contribution in [-0.2, 0) is 0 Å². The lowest BCUT2D eigenvalue weighted by Gasteiger charge is -2.17. The highest BCUT2D eigenvalue weighted by molar-refractivity contribution is 7.07. The van der Waals surface area contributed by atoms with Gasteiger partial charge in [0.15, 0.2) is 0 Å². The molecule has 4 nitrogen and oxygen atoms in total. The van der Waals surface area contributed by atoms with Gasteiger partial charge in [-0.25, -0.2) is 0 Å². The first-order valence-corrected chi connectivity index (χ1v) is 7.83. The van der Waals surface area contributed by atoms with Crippen LogP contribution in [0.3, 0.4) is 0 Å². The summed E-state index contributed by atoms with van der Waals surface area (Å²) in [6.45, 7) is 2.84. The molecule has 5 heteroatoms. The van der Waals surface area contributed by atoms with Crippen molar-refractivity contribution in [1.29, 1.82) is 0 Å². The van der Waals surface area contributed by atoms with E-state index in [-0.39, 0.29) is 12.6 Å². The molecule has 0 spiro atoms. The Morgan fingerprint density at radius 1 is 1.19 bits per heavy atom. The van der Waals surface area contributed by atoms with Gasteiger partial charge in [0.1, 0.15) is 24.2 Å². The minimum atomic E-state index is -0.548. The Bertz CT molecular complexity index is 513. The lowest BCUT2D eigenvalue weighted by atomic mass is 10.2. The van der Waals surface area contributed by atoms with Gasteiger partial charge in [0.2, 0.25) is 0 Å². The standard InChI is InChI=1S/C16H21NO3S/c1-12(13-7-8-21-11-13)17-9-14(18)10-20-16-5-3-15(19-2)4-6-16/h3-8,11-12,14,17-18H,9-10H2,1-2H3. The van der Waals surface area contributed by atoms with Gasteiger partial charge in [-0.2, -0.15) is 11.3 Å². The second-order valence-electron chi connectivity index (χ2n) is 4.83. The van der Waals surface area contributed by atoms with Crippen LogP contribution in [0.25, 0.3) is 0 Å². The van der Waals surface area contributed by atoms with Gasteiger partial charge >= 0.3 is 0 Å². The molecule has 2 atom stereocenters. The summed E-state index contributed by atoms with van der Waals surface area (Å²) in [7, 11) is 1.62. The fourth-order valence-electron chi connectivity index (χ4n) is 1.88. The Kier molecular flexibility index (Phi) is 6.04. The Morgan fingerprint density at radius 3 is 2.52 bits per heavy atom. The topological polar surface area (TPSA) is 50.7 Å². The van der Waals surface area contributed by atoms with Crippen LogP contribution in [-0.4, -0.2) is 31.5 Å². The molecular weight excluding hydrogens is 286 g/mol. The SMILES string of the molecule is COc1ccc(OCC(O)CNC(C)c2ccsc2)cc1. The van der Waals surface area contributed by atoms with Crippen molar-refractivity contribution in [2.75, 3.05) is 20.3 Å². The van der Waals surface area contributed by atoms with Crippen LogP contribution in [0.4, 0.5) is 0 Å². The van der Waals surface area contributed by atoms with E-state index in [1.54, 1.807) is 18.4 Å². The zero-order valence-corrected chi connectivity index (χ0v) is 13.1. The third kappa shape index (κ3) is 5.04. The summed E-state index contributed by atoms with van der Waals surface area (Å²) >= 11 is 1.68. The lowest BCUT2D eigenvalue weighted by Crippen LogP contribution is -2.32. The van der Waals surface area contributed by atoms with E-state index in [0.29, 0.717) is 6.54 Å². The third-order valence-corrected chi connectivity index (χ3v) is 3.91. The number of ether oxygens (including phenoxy) is 2. The highest BCUT2D eigenvalue weighted by Gasteiger charge is 2.09. The van der Waals surface area contributed by atoms with Crippen LogP contribution in [0.15, 0.2) is 41.1 Å². The molecule has 21 heavy (non-hydrogen) atoms. The molecule has 0 aliphatic carbocycles. The lowest BCUT2D eigenvalue weighted by molar-refractivity contribution is 0.104. The van der Waals surface area contributed by atoms with Gasteiger partial charge in [0.05, 0.1) is 7.11 Å². The zero-order chi connectivity index (χ0) is 15.1. The molecule has 0 aliphatic rings. The minimum absolute atomic E-state index is 0.229. The predicted molar refractivity (Wildman–Crippen MR) is 85.2 cm³/mol. The average Bonchev–Trinajstić information content (AvgIpc) is 3.05. The number of benzene rings is 1. The summed E-state index contributed by atoms with van der Waals surface area (Å²) < 4.78 is 10.6. The third-order valence-electron chi connectivity index (χ3n) is 3.20. The van der Waals surface area contributed by atoms with Crippen LogP contribution in [0.5, 0.6) is 11.5 Å². The molecule has 0 fully saturated rings. The fraction of sp³-hybridized carbons (Fsp3) is 0.375. The maximum atomic E-state index is 9.95. The van der Waals surface area contributed by atoms with Gasteiger partial charge in [-0.1, -0.05) is 0 Å². The first-order valence-electron chi connectivity index (χ1n) is 6.89. The Morgan fingerprint density at radius 2 is 1.90 bits per heavy atom. The van der Waals surface area contributed by atoms with E-state index in [9.17, 15) is 5.11 Å². The van der Waals surface area contributed by atoms with Crippen molar-refractivity contribution in [2.45, 2.75) is 19.1 Å². The van der Waals surface area contributed by atoms with Crippen LogP contribution in [0.2, 0.25) is 0 Å². The summed E-state index contributed by atoms with van der Waals surface area (Å²) in [6, 6.07) is 9.63. The molecule has 114 valence electrons. The van der Waals surface area contributed by atoms with Gasteiger partial charge in [-0.3, -0.25) is 0 Å². The molecule has 1 aromatic carbocycles. The second kappa shape index (κ2) is 8.02. The molecule has 1 heterocycles. The van der Waals surface area contributed by atoms with Crippen molar-refractivity contribution in [1.82, 2.24) is 5.32 Å². The van der Waals surface area contributed by atoms with Gasteiger partial charge in [-0.15, -0.1) is 0 Å².